The molecule has 2 amide bonds. The van der Waals surface area contributed by atoms with Crippen molar-refractivity contribution in [3.05, 3.63) is 39.3 Å². The Labute approximate surface area is 152 Å². The van der Waals surface area contributed by atoms with Crippen LogP contribution in [0.5, 0.6) is 0 Å². The molecule has 0 saturated carbocycles. The Morgan fingerprint density at radius 2 is 2.21 bits per heavy atom. The number of benzene rings is 1. The first-order valence-electron chi connectivity index (χ1n) is 7.28. The van der Waals surface area contributed by atoms with E-state index in [0.717, 1.165) is 10.0 Å². The smallest absolute Gasteiger partial charge is 0.333 e. The fraction of sp³-hybridized carbons (Fsp3) is 0.312. The van der Waals surface area contributed by atoms with Crippen LogP contribution in [0, 0.1) is 6.92 Å². The van der Waals surface area contributed by atoms with Crippen molar-refractivity contribution in [2.75, 3.05) is 24.2 Å². The Balaban J connectivity index is 2.05. The van der Waals surface area contributed by atoms with E-state index in [1.54, 1.807) is 13.0 Å². The average Bonchev–Trinajstić information content (AvgIpc) is 2.83. The molecule has 6 nitrogen and oxygen atoms in total. The molecule has 1 N–H and O–H groups in total. The maximum absolute atomic E-state index is 12.2. The molecule has 24 heavy (non-hydrogen) atoms. The Hall–Kier alpha value is -1.80. The van der Waals surface area contributed by atoms with Gasteiger partial charge in [-0.1, -0.05) is 17.8 Å². The number of rotatable bonds is 5. The molecule has 1 aromatic rings. The van der Waals surface area contributed by atoms with Gasteiger partial charge in [0.25, 0.3) is 0 Å². The molecule has 2 rings (SSSR count). The number of esters is 1. The summed E-state index contributed by atoms with van der Waals surface area (Å²) < 4.78 is 5.61. The first kappa shape index (κ1) is 18.5. The molecule has 1 heterocycles. The molecule has 0 spiro atoms. The van der Waals surface area contributed by atoms with E-state index in [-0.39, 0.29) is 30.7 Å². The van der Waals surface area contributed by atoms with Crippen LogP contribution in [0.3, 0.4) is 0 Å². The Morgan fingerprint density at radius 1 is 1.46 bits per heavy atom. The number of hydrogen-bond acceptors (Lipinski definition) is 5. The number of amides is 2. The highest BCUT2D eigenvalue weighted by atomic mass is 79.9. The Morgan fingerprint density at radius 3 is 2.88 bits per heavy atom. The van der Waals surface area contributed by atoms with Crippen molar-refractivity contribution in [3.8, 4) is 0 Å². The number of nitrogens with zero attached hydrogens (tertiary/aromatic N) is 1. The van der Waals surface area contributed by atoms with E-state index in [0.29, 0.717) is 10.7 Å². The predicted molar refractivity (Wildman–Crippen MR) is 96.4 cm³/mol. The third kappa shape index (κ3) is 4.85. The molecular formula is C16H17BrN2O4S. The lowest BCUT2D eigenvalue weighted by molar-refractivity contribution is -0.137. The first-order chi connectivity index (χ1) is 11.4. The number of nitrogens with one attached hydrogen (secondary N) is 1. The van der Waals surface area contributed by atoms with Gasteiger partial charge >= 0.3 is 5.97 Å². The van der Waals surface area contributed by atoms with Crippen LogP contribution < -0.4 is 5.32 Å². The van der Waals surface area contributed by atoms with Crippen molar-refractivity contribution in [1.82, 2.24) is 4.90 Å². The quantitative estimate of drug-likeness (QED) is 0.594. The van der Waals surface area contributed by atoms with Crippen LogP contribution in [-0.2, 0) is 19.1 Å². The van der Waals surface area contributed by atoms with Crippen LogP contribution in [0.1, 0.15) is 12.5 Å². The maximum Gasteiger partial charge on any atom is 0.333 e. The fourth-order valence-corrected chi connectivity index (χ4v) is 3.56. The standard InChI is InChI=1S/C16H17BrN2O4S/c1-3-23-16(22)7-15-19(14(21)9-24-15)8-13(20)18-12-5-4-10(2)6-11(12)17/h4-7H,3,8-9H2,1-2H3,(H,18,20)/b15-7-. The minimum Gasteiger partial charge on any atom is -0.463 e. The summed E-state index contributed by atoms with van der Waals surface area (Å²) in [4.78, 5) is 37.0. The van der Waals surface area contributed by atoms with Gasteiger partial charge in [-0.3, -0.25) is 14.5 Å². The number of aryl methyl sites for hydroxylation is 1. The van der Waals surface area contributed by atoms with E-state index in [1.807, 2.05) is 19.1 Å². The fourth-order valence-electron chi connectivity index (χ4n) is 2.04. The minimum absolute atomic E-state index is 0.155. The third-order valence-electron chi connectivity index (χ3n) is 3.14. The van der Waals surface area contributed by atoms with Gasteiger partial charge in [0, 0.05) is 4.47 Å². The zero-order chi connectivity index (χ0) is 17.7. The number of carbonyl (C=O) groups excluding carboxylic acids is 3. The van der Waals surface area contributed by atoms with Gasteiger partial charge in [0.05, 0.1) is 29.2 Å². The first-order valence-corrected chi connectivity index (χ1v) is 9.06. The lowest BCUT2D eigenvalue weighted by atomic mass is 10.2. The van der Waals surface area contributed by atoms with Crippen molar-refractivity contribution in [3.63, 3.8) is 0 Å². The molecular weight excluding hydrogens is 396 g/mol. The van der Waals surface area contributed by atoms with Gasteiger partial charge in [0.1, 0.15) is 6.54 Å². The predicted octanol–water partition coefficient (Wildman–Crippen LogP) is 2.68. The van der Waals surface area contributed by atoms with Crippen LogP contribution >= 0.6 is 27.7 Å². The highest BCUT2D eigenvalue weighted by Gasteiger charge is 2.29. The summed E-state index contributed by atoms with van der Waals surface area (Å²) in [6.45, 7) is 3.75. The lowest BCUT2D eigenvalue weighted by Gasteiger charge is -2.17. The van der Waals surface area contributed by atoms with Crippen molar-refractivity contribution in [2.24, 2.45) is 0 Å². The van der Waals surface area contributed by atoms with E-state index in [2.05, 4.69) is 21.2 Å². The SMILES string of the molecule is CCOC(=O)/C=C1\SCC(=O)N1CC(=O)Nc1ccc(C)cc1Br. The number of halogens is 1. The van der Waals surface area contributed by atoms with Crippen LogP contribution in [0.4, 0.5) is 5.69 Å². The van der Waals surface area contributed by atoms with Crippen LogP contribution in [0.2, 0.25) is 0 Å². The summed E-state index contributed by atoms with van der Waals surface area (Å²) in [5, 5.41) is 3.18. The number of hydrogen-bond donors (Lipinski definition) is 1. The van der Waals surface area contributed by atoms with Crippen molar-refractivity contribution >= 4 is 51.2 Å². The summed E-state index contributed by atoms with van der Waals surface area (Å²) in [7, 11) is 0. The van der Waals surface area contributed by atoms with Crippen molar-refractivity contribution in [2.45, 2.75) is 13.8 Å². The molecule has 0 aliphatic carbocycles. The average molecular weight is 413 g/mol. The molecule has 0 radical (unpaired) electrons. The number of ether oxygens (including phenoxy) is 1. The molecule has 0 bridgehead atoms. The highest BCUT2D eigenvalue weighted by molar-refractivity contribution is 9.10. The van der Waals surface area contributed by atoms with Crippen molar-refractivity contribution < 1.29 is 19.1 Å². The van der Waals surface area contributed by atoms with Crippen LogP contribution in [0.25, 0.3) is 0 Å². The summed E-state index contributed by atoms with van der Waals surface area (Å²) >= 11 is 4.60. The lowest BCUT2D eigenvalue weighted by Crippen LogP contribution is -2.34. The highest BCUT2D eigenvalue weighted by Crippen LogP contribution is 2.29. The van der Waals surface area contributed by atoms with E-state index in [1.165, 1.54) is 22.7 Å². The second-order valence-corrected chi connectivity index (χ2v) is 6.88. The zero-order valence-corrected chi connectivity index (χ0v) is 15.7. The van der Waals surface area contributed by atoms with Gasteiger partial charge in [-0.05, 0) is 47.5 Å². The number of anilines is 1. The maximum atomic E-state index is 12.2. The van der Waals surface area contributed by atoms with Gasteiger partial charge < -0.3 is 10.1 Å². The Kier molecular flexibility index (Phi) is 6.44. The molecule has 128 valence electrons. The molecule has 1 aliphatic heterocycles. The van der Waals surface area contributed by atoms with Crippen LogP contribution in [0.15, 0.2) is 33.8 Å². The number of thioether (sulfide) groups is 1. The largest absolute Gasteiger partial charge is 0.463 e. The second-order valence-electron chi connectivity index (χ2n) is 5.03. The van der Waals surface area contributed by atoms with E-state index in [4.69, 9.17) is 4.74 Å². The zero-order valence-electron chi connectivity index (χ0n) is 13.3. The number of carbonyl (C=O) groups is 3. The summed E-state index contributed by atoms with van der Waals surface area (Å²) in [5.41, 5.74) is 1.69. The second kappa shape index (κ2) is 8.34. The van der Waals surface area contributed by atoms with Crippen molar-refractivity contribution in [1.29, 1.82) is 0 Å². The van der Waals surface area contributed by atoms with Crippen LogP contribution in [-0.4, -0.2) is 41.6 Å². The van der Waals surface area contributed by atoms with Gasteiger partial charge in [-0.25, -0.2) is 4.79 Å². The van der Waals surface area contributed by atoms with E-state index in [9.17, 15) is 14.4 Å². The molecule has 0 unspecified atom stereocenters. The molecule has 1 aliphatic rings. The monoisotopic (exact) mass is 412 g/mol. The molecule has 0 aromatic heterocycles. The molecule has 1 saturated heterocycles. The summed E-state index contributed by atoms with van der Waals surface area (Å²) in [6, 6.07) is 5.55. The van der Waals surface area contributed by atoms with Gasteiger partial charge in [-0.2, -0.15) is 0 Å². The molecule has 1 aromatic carbocycles. The molecule has 0 atom stereocenters. The topological polar surface area (TPSA) is 75.7 Å². The summed E-state index contributed by atoms with van der Waals surface area (Å²) in [5.74, 6) is -0.882. The minimum atomic E-state index is -0.526. The summed E-state index contributed by atoms with van der Waals surface area (Å²) in [6.07, 6.45) is 1.24. The van der Waals surface area contributed by atoms with Gasteiger partial charge in [0.2, 0.25) is 11.8 Å². The van der Waals surface area contributed by atoms with E-state index < -0.39 is 5.97 Å². The van der Waals surface area contributed by atoms with Gasteiger partial charge in [0.15, 0.2) is 0 Å². The van der Waals surface area contributed by atoms with E-state index >= 15 is 0 Å². The normalized spacial score (nSPS) is 15.7. The molecule has 1 fully saturated rings. The third-order valence-corrected chi connectivity index (χ3v) is 4.82. The van der Waals surface area contributed by atoms with Gasteiger partial charge in [-0.15, -0.1) is 0 Å². The Bertz CT molecular complexity index is 705. The molecule has 8 heteroatoms.